The predicted molar refractivity (Wildman–Crippen MR) is 47.1 cm³/mol. The molecule has 1 N–H and O–H groups in total. The summed E-state index contributed by atoms with van der Waals surface area (Å²) in [7, 11) is -0.148. The van der Waals surface area contributed by atoms with Gasteiger partial charge in [-0.3, -0.25) is 0 Å². The molecule has 60 valence electrons. The van der Waals surface area contributed by atoms with Gasteiger partial charge in [0.05, 0.1) is 0 Å². The van der Waals surface area contributed by atoms with E-state index in [9.17, 15) is 4.79 Å². The summed E-state index contributed by atoms with van der Waals surface area (Å²) in [6, 6.07) is 0. The number of carbonyl (C=O) groups is 1. The van der Waals surface area contributed by atoms with Gasteiger partial charge in [-0.25, -0.2) is 4.79 Å². The summed E-state index contributed by atoms with van der Waals surface area (Å²) in [4.78, 5) is 15.2. The Bertz CT molecular complexity index is 308. The van der Waals surface area contributed by atoms with Crippen molar-refractivity contribution in [3.8, 4) is 0 Å². The van der Waals surface area contributed by atoms with Gasteiger partial charge in [-0.1, -0.05) is 0 Å². The Labute approximate surface area is 75.2 Å². The quantitative estimate of drug-likeness (QED) is 0.761. The first-order valence-corrected chi connectivity index (χ1v) is 5.31. The van der Waals surface area contributed by atoms with Crippen LogP contribution in [0.2, 0.25) is 0 Å². The molecule has 1 aromatic rings. The van der Waals surface area contributed by atoms with E-state index in [1.807, 2.05) is 6.26 Å². The van der Waals surface area contributed by atoms with Crippen LogP contribution < -0.4 is 0 Å². The Hall–Kier alpha value is -0.420. The molecule has 0 aromatic carbocycles. The molecule has 0 radical (unpaired) electrons. The van der Waals surface area contributed by atoms with Gasteiger partial charge in [-0.05, 0) is 0 Å². The summed E-state index contributed by atoms with van der Waals surface area (Å²) < 4.78 is 0.729. The average molecular weight is 237 g/mol. The van der Waals surface area contributed by atoms with Crippen LogP contribution >= 0.6 is 26.4 Å². The Morgan fingerprint density at radius 2 is 2.27 bits per heavy atom. The van der Waals surface area contributed by atoms with Crippen LogP contribution in [0, 0.1) is 6.92 Å². The normalized spacial score (nSPS) is 11.7. The Kier molecular flexibility index (Phi) is 2.29. The first-order valence-electron chi connectivity index (χ1n) is 2.88. The first kappa shape index (κ1) is 8.67. The zero-order valence-electron chi connectivity index (χ0n) is 6.09. The second-order valence-electron chi connectivity index (χ2n) is 2.09. The number of aromatic carboxylic acids is 1. The molecule has 0 spiro atoms. The number of carboxylic acid groups (broad SMARTS) is 1. The zero-order valence-corrected chi connectivity index (χ0v) is 8.49. The molecular formula is C6H7BrNO2S+. The van der Waals surface area contributed by atoms with E-state index >= 15 is 0 Å². The molecule has 0 fully saturated rings. The van der Waals surface area contributed by atoms with Crippen molar-refractivity contribution in [3.05, 3.63) is 14.5 Å². The second-order valence-corrected chi connectivity index (χ2v) is 5.38. The summed E-state index contributed by atoms with van der Waals surface area (Å²) >= 11 is 3.21. The van der Waals surface area contributed by atoms with Crippen molar-refractivity contribution < 1.29 is 9.90 Å². The molecular weight excluding hydrogens is 230 g/mol. The third kappa shape index (κ3) is 1.44. The van der Waals surface area contributed by atoms with Crippen LogP contribution in [-0.4, -0.2) is 16.1 Å². The van der Waals surface area contributed by atoms with E-state index in [-0.39, 0.29) is 16.2 Å². The Balaban J connectivity index is 3.29. The number of carboxylic acids is 1. The molecule has 0 aliphatic rings. The highest BCUT2D eigenvalue weighted by Gasteiger charge is 2.23. The molecule has 11 heavy (non-hydrogen) atoms. The Morgan fingerprint density at radius 3 is 2.45 bits per heavy atom. The summed E-state index contributed by atoms with van der Waals surface area (Å²) in [6.45, 7) is 1.80. The van der Waals surface area contributed by atoms with E-state index in [4.69, 9.17) is 5.11 Å². The number of rotatable bonds is 1. The molecule has 0 aliphatic heterocycles. The third-order valence-electron chi connectivity index (χ3n) is 1.45. The van der Waals surface area contributed by atoms with Crippen molar-refractivity contribution in [2.45, 2.75) is 6.92 Å². The van der Waals surface area contributed by atoms with Crippen LogP contribution in [0.4, 0.5) is 0 Å². The predicted octanol–water partition coefficient (Wildman–Crippen LogP) is 2.14. The number of nitrogens with zero attached hydrogens (tertiary/aromatic N) is 1. The molecule has 1 heterocycles. The van der Waals surface area contributed by atoms with Gasteiger partial charge in [0, 0.05) is 33.3 Å². The van der Waals surface area contributed by atoms with Gasteiger partial charge < -0.3 is 5.11 Å². The smallest absolute Gasteiger partial charge is 0.360 e. The largest absolute Gasteiger partial charge is 0.476 e. The molecule has 0 aliphatic carbocycles. The minimum absolute atomic E-state index is 0.148. The fraction of sp³-hybridized carbons (Fsp3) is 0.333. The minimum atomic E-state index is -0.948. The molecule has 1 aromatic heterocycles. The summed E-state index contributed by atoms with van der Waals surface area (Å²) in [5.41, 5.74) is 0.183. The maximum Gasteiger partial charge on any atom is 0.360 e. The van der Waals surface area contributed by atoms with Crippen molar-refractivity contribution in [2.24, 2.45) is 6.26 Å². The van der Waals surface area contributed by atoms with Crippen molar-refractivity contribution in [2.75, 3.05) is 0 Å². The molecule has 5 heteroatoms. The van der Waals surface area contributed by atoms with Gasteiger partial charge in [0.1, 0.15) is 6.26 Å². The maximum atomic E-state index is 10.5. The molecule has 0 bridgehead atoms. The highest BCUT2D eigenvalue weighted by molar-refractivity contribution is 9.11. The van der Waals surface area contributed by atoms with Crippen LogP contribution in [0.15, 0.2) is 3.92 Å². The lowest BCUT2D eigenvalue weighted by atomic mass is 10.4. The van der Waals surface area contributed by atoms with E-state index in [1.165, 1.54) is 0 Å². The van der Waals surface area contributed by atoms with Crippen LogP contribution in [0.1, 0.15) is 15.4 Å². The zero-order chi connectivity index (χ0) is 8.59. The molecule has 0 amide bonds. The summed E-state index contributed by atoms with van der Waals surface area (Å²) in [5, 5.41) is 8.64. The van der Waals surface area contributed by atoms with Crippen molar-refractivity contribution in [3.63, 3.8) is 0 Å². The summed E-state index contributed by atoms with van der Waals surface area (Å²) in [6.07, 6.45) is 1.94. The van der Waals surface area contributed by atoms with Gasteiger partial charge in [0.15, 0.2) is 4.88 Å². The van der Waals surface area contributed by atoms with Gasteiger partial charge in [0.2, 0.25) is 5.69 Å². The summed E-state index contributed by atoms with van der Waals surface area (Å²) in [5.74, 6) is -0.948. The van der Waals surface area contributed by atoms with E-state index in [1.54, 1.807) is 6.92 Å². The lowest BCUT2D eigenvalue weighted by Crippen LogP contribution is -1.97. The van der Waals surface area contributed by atoms with Gasteiger partial charge in [-0.15, -0.1) is 0 Å². The molecule has 1 rings (SSSR count). The number of aromatic nitrogens is 1. The maximum absolute atomic E-state index is 10.5. The lowest BCUT2D eigenvalue weighted by Gasteiger charge is -1.81. The number of halogens is 1. The topological polar surface area (TPSA) is 50.2 Å². The second kappa shape index (κ2) is 2.91. The number of hydrogen-bond acceptors (Lipinski definition) is 2. The van der Waals surface area contributed by atoms with Crippen LogP contribution in [0.3, 0.4) is 0 Å². The van der Waals surface area contributed by atoms with Crippen LogP contribution in [-0.2, 0) is 6.26 Å². The average Bonchev–Trinajstić information content (AvgIpc) is 2.17. The van der Waals surface area contributed by atoms with Crippen LogP contribution in [0.25, 0.3) is 0 Å². The Morgan fingerprint density at radius 1 is 1.73 bits per heavy atom. The monoisotopic (exact) mass is 236 g/mol. The highest BCUT2D eigenvalue weighted by atomic mass is 79.9. The SMILES string of the molecule is Cc1c(C(=O)O)nc(Br)[s+]1C. The molecule has 0 saturated heterocycles. The number of hydrogen-bond donors (Lipinski definition) is 1. The standard InChI is InChI=1S/C6H6BrNO2S/c1-3-4(5(9)10)8-6(7)11(3)2/h1-2H3/p+1. The highest BCUT2D eigenvalue weighted by Crippen LogP contribution is 2.31. The third-order valence-corrected chi connectivity index (χ3v) is 4.79. The molecule has 0 saturated carbocycles. The van der Waals surface area contributed by atoms with E-state index in [0.29, 0.717) is 0 Å². The minimum Gasteiger partial charge on any atom is -0.476 e. The lowest BCUT2D eigenvalue weighted by molar-refractivity contribution is 0.0690. The van der Waals surface area contributed by atoms with Gasteiger partial charge in [0.25, 0.3) is 0 Å². The molecule has 1 atom stereocenters. The van der Waals surface area contributed by atoms with Crippen molar-refractivity contribution in [1.29, 1.82) is 0 Å². The fourth-order valence-electron chi connectivity index (χ4n) is 0.705. The number of thiazole rings is 1. The fourth-order valence-corrected chi connectivity index (χ4v) is 2.51. The van der Waals surface area contributed by atoms with Crippen molar-refractivity contribution in [1.82, 2.24) is 4.98 Å². The van der Waals surface area contributed by atoms with Gasteiger partial charge in [-0.2, -0.15) is 4.98 Å². The van der Waals surface area contributed by atoms with E-state index < -0.39 is 5.97 Å². The van der Waals surface area contributed by atoms with E-state index in [0.717, 1.165) is 8.79 Å². The molecule has 3 nitrogen and oxygen atoms in total. The molecule has 1 unspecified atom stereocenters. The van der Waals surface area contributed by atoms with E-state index in [2.05, 4.69) is 20.9 Å². The van der Waals surface area contributed by atoms with Crippen molar-refractivity contribution >= 4 is 32.4 Å². The van der Waals surface area contributed by atoms with Crippen LogP contribution in [0.5, 0.6) is 0 Å². The van der Waals surface area contributed by atoms with Gasteiger partial charge >= 0.3 is 9.89 Å². The first-order chi connectivity index (χ1) is 5.04.